The topological polar surface area (TPSA) is 40.5 Å². The molecule has 0 radical (unpaired) electrons. The zero-order chi connectivity index (χ0) is 17.6. The van der Waals surface area contributed by atoms with Gasteiger partial charge in [0.1, 0.15) is 6.10 Å². The molecule has 1 atom stereocenters. The Labute approximate surface area is 150 Å². The van der Waals surface area contributed by atoms with Crippen LogP contribution in [-0.4, -0.2) is 22.0 Å². The molecule has 3 rings (SSSR count). The molecule has 3 nitrogen and oxygen atoms in total. The SMILES string of the molecule is CCCCCC[C@H](O)C(=O)N1Cc2ccccc2-c2ccccc2C1. The Morgan fingerprint density at radius 2 is 1.52 bits per heavy atom. The molecule has 0 fully saturated rings. The highest BCUT2D eigenvalue weighted by Gasteiger charge is 2.26. The average molecular weight is 337 g/mol. The van der Waals surface area contributed by atoms with Gasteiger partial charge in [0.15, 0.2) is 0 Å². The number of hydrogen-bond acceptors (Lipinski definition) is 2. The van der Waals surface area contributed by atoms with Gasteiger partial charge in [0.05, 0.1) is 0 Å². The molecule has 3 heteroatoms. The standard InChI is InChI=1S/C22H27NO2/c1-2-3-4-5-14-21(24)22(25)23-15-17-10-6-8-12-19(17)20-13-9-7-11-18(20)16-23/h6-13,21,24H,2-5,14-16H2,1H3/t21-/m0/s1. The zero-order valence-electron chi connectivity index (χ0n) is 14.9. The number of rotatable bonds is 6. The van der Waals surface area contributed by atoms with Gasteiger partial charge >= 0.3 is 0 Å². The van der Waals surface area contributed by atoms with Crippen molar-refractivity contribution in [3.05, 3.63) is 59.7 Å². The Morgan fingerprint density at radius 3 is 2.08 bits per heavy atom. The van der Waals surface area contributed by atoms with Crippen LogP contribution in [0.2, 0.25) is 0 Å². The monoisotopic (exact) mass is 337 g/mol. The van der Waals surface area contributed by atoms with Crippen molar-refractivity contribution < 1.29 is 9.90 Å². The van der Waals surface area contributed by atoms with E-state index in [1.54, 1.807) is 4.90 Å². The summed E-state index contributed by atoms with van der Waals surface area (Å²) in [6.45, 7) is 3.26. The van der Waals surface area contributed by atoms with E-state index >= 15 is 0 Å². The fourth-order valence-corrected chi connectivity index (χ4v) is 3.56. The summed E-state index contributed by atoms with van der Waals surface area (Å²) in [4.78, 5) is 14.6. The fourth-order valence-electron chi connectivity index (χ4n) is 3.56. The first-order valence-electron chi connectivity index (χ1n) is 9.33. The van der Waals surface area contributed by atoms with Gasteiger partial charge in [-0.25, -0.2) is 0 Å². The van der Waals surface area contributed by atoms with E-state index in [0.29, 0.717) is 19.5 Å². The number of carbonyl (C=O) groups is 1. The third-order valence-corrected chi connectivity index (χ3v) is 4.98. The van der Waals surface area contributed by atoms with Crippen molar-refractivity contribution in [1.82, 2.24) is 4.90 Å². The summed E-state index contributed by atoms with van der Waals surface area (Å²) in [7, 11) is 0. The third-order valence-electron chi connectivity index (χ3n) is 4.98. The number of unbranched alkanes of at least 4 members (excludes halogenated alkanes) is 3. The van der Waals surface area contributed by atoms with Gasteiger partial charge < -0.3 is 10.0 Å². The van der Waals surface area contributed by atoms with Crippen LogP contribution in [0.25, 0.3) is 11.1 Å². The van der Waals surface area contributed by atoms with Gasteiger partial charge in [-0.15, -0.1) is 0 Å². The number of carbonyl (C=O) groups excluding carboxylic acids is 1. The zero-order valence-corrected chi connectivity index (χ0v) is 14.9. The van der Waals surface area contributed by atoms with Gasteiger partial charge in [0.25, 0.3) is 5.91 Å². The Kier molecular flexibility index (Phi) is 5.87. The van der Waals surface area contributed by atoms with E-state index in [1.807, 2.05) is 24.3 Å². The predicted octanol–water partition coefficient (Wildman–Crippen LogP) is 4.53. The normalized spacial score (nSPS) is 14.4. The van der Waals surface area contributed by atoms with Gasteiger partial charge in [0, 0.05) is 13.1 Å². The molecule has 1 N–H and O–H groups in total. The van der Waals surface area contributed by atoms with Gasteiger partial charge in [-0.2, -0.15) is 0 Å². The summed E-state index contributed by atoms with van der Waals surface area (Å²) in [6.07, 6.45) is 3.96. The van der Waals surface area contributed by atoms with Crippen molar-refractivity contribution >= 4 is 5.91 Å². The number of amides is 1. The van der Waals surface area contributed by atoms with Crippen LogP contribution in [0.1, 0.15) is 50.2 Å². The van der Waals surface area contributed by atoms with E-state index in [0.717, 1.165) is 36.8 Å². The highest BCUT2D eigenvalue weighted by Crippen LogP contribution is 2.32. The maximum Gasteiger partial charge on any atom is 0.252 e. The Balaban J connectivity index is 1.79. The van der Waals surface area contributed by atoms with E-state index in [4.69, 9.17) is 0 Å². The number of fused-ring (bicyclic) bond motifs is 3. The van der Waals surface area contributed by atoms with Gasteiger partial charge in [0.2, 0.25) is 0 Å². The van der Waals surface area contributed by atoms with Gasteiger partial charge in [-0.05, 0) is 28.7 Å². The van der Waals surface area contributed by atoms with Crippen LogP contribution in [-0.2, 0) is 17.9 Å². The highest BCUT2D eigenvalue weighted by molar-refractivity contribution is 5.82. The van der Waals surface area contributed by atoms with Gasteiger partial charge in [-0.1, -0.05) is 81.1 Å². The summed E-state index contributed by atoms with van der Waals surface area (Å²) in [5, 5.41) is 10.4. The molecule has 0 saturated heterocycles. The lowest BCUT2D eigenvalue weighted by Gasteiger charge is -2.24. The molecule has 1 aliphatic rings. The molecule has 2 aromatic rings. The van der Waals surface area contributed by atoms with E-state index in [9.17, 15) is 9.90 Å². The molecule has 0 bridgehead atoms. The van der Waals surface area contributed by atoms with Crippen LogP contribution >= 0.6 is 0 Å². The summed E-state index contributed by atoms with van der Waals surface area (Å²) in [5.74, 6) is -0.150. The number of aliphatic hydroxyl groups is 1. The molecule has 0 aliphatic carbocycles. The second-order valence-corrected chi connectivity index (χ2v) is 6.87. The molecule has 0 saturated carbocycles. The maximum absolute atomic E-state index is 12.8. The van der Waals surface area contributed by atoms with Crippen LogP contribution in [0.3, 0.4) is 0 Å². The molecule has 0 spiro atoms. The number of benzene rings is 2. The van der Waals surface area contributed by atoms with E-state index < -0.39 is 6.10 Å². The molecule has 1 heterocycles. The Hall–Kier alpha value is -2.13. The van der Waals surface area contributed by atoms with E-state index in [1.165, 1.54) is 11.1 Å². The number of hydrogen-bond donors (Lipinski definition) is 1. The molecule has 25 heavy (non-hydrogen) atoms. The summed E-state index contributed by atoms with van der Waals surface area (Å²) >= 11 is 0. The second-order valence-electron chi connectivity index (χ2n) is 6.87. The van der Waals surface area contributed by atoms with Crippen molar-refractivity contribution in [2.24, 2.45) is 0 Å². The van der Waals surface area contributed by atoms with E-state index in [2.05, 4.69) is 31.2 Å². The maximum atomic E-state index is 12.8. The van der Waals surface area contributed by atoms with Gasteiger partial charge in [-0.3, -0.25) is 4.79 Å². The lowest BCUT2D eigenvalue weighted by Crippen LogP contribution is -2.37. The number of nitrogens with zero attached hydrogens (tertiary/aromatic N) is 1. The quantitative estimate of drug-likeness (QED) is 0.787. The molecule has 1 aliphatic heterocycles. The van der Waals surface area contributed by atoms with Crippen LogP contribution in [0.15, 0.2) is 48.5 Å². The molecular weight excluding hydrogens is 310 g/mol. The van der Waals surface area contributed by atoms with Crippen LogP contribution in [0.4, 0.5) is 0 Å². The van der Waals surface area contributed by atoms with Crippen molar-refractivity contribution in [1.29, 1.82) is 0 Å². The Bertz CT molecular complexity index is 678. The smallest absolute Gasteiger partial charge is 0.252 e. The second kappa shape index (κ2) is 8.30. The first kappa shape index (κ1) is 17.7. The fraction of sp³-hybridized carbons (Fsp3) is 0.409. The highest BCUT2D eigenvalue weighted by atomic mass is 16.3. The molecular formula is C22H27NO2. The van der Waals surface area contributed by atoms with Crippen molar-refractivity contribution in [3.63, 3.8) is 0 Å². The average Bonchev–Trinajstić information content (AvgIpc) is 2.81. The first-order chi connectivity index (χ1) is 12.2. The molecule has 0 unspecified atom stereocenters. The summed E-state index contributed by atoms with van der Waals surface area (Å²) in [5.41, 5.74) is 4.65. The van der Waals surface area contributed by atoms with Crippen molar-refractivity contribution in [2.45, 2.75) is 58.2 Å². The number of aliphatic hydroxyl groups excluding tert-OH is 1. The van der Waals surface area contributed by atoms with Crippen LogP contribution in [0, 0.1) is 0 Å². The largest absolute Gasteiger partial charge is 0.383 e. The Morgan fingerprint density at radius 1 is 0.960 bits per heavy atom. The first-order valence-corrected chi connectivity index (χ1v) is 9.33. The van der Waals surface area contributed by atoms with Crippen molar-refractivity contribution in [2.75, 3.05) is 0 Å². The summed E-state index contributed by atoms with van der Waals surface area (Å²) < 4.78 is 0. The minimum absolute atomic E-state index is 0.150. The molecule has 132 valence electrons. The lowest BCUT2D eigenvalue weighted by atomic mass is 9.97. The minimum atomic E-state index is -0.894. The summed E-state index contributed by atoms with van der Waals surface area (Å²) in [6, 6.07) is 16.5. The predicted molar refractivity (Wildman–Crippen MR) is 101 cm³/mol. The van der Waals surface area contributed by atoms with Crippen LogP contribution in [0.5, 0.6) is 0 Å². The minimum Gasteiger partial charge on any atom is -0.383 e. The van der Waals surface area contributed by atoms with Crippen LogP contribution < -0.4 is 0 Å². The molecule has 0 aromatic heterocycles. The lowest BCUT2D eigenvalue weighted by molar-refractivity contribution is -0.141. The van der Waals surface area contributed by atoms with E-state index in [-0.39, 0.29) is 5.91 Å². The molecule has 1 amide bonds. The van der Waals surface area contributed by atoms with Crippen molar-refractivity contribution in [3.8, 4) is 11.1 Å². The molecule has 2 aromatic carbocycles. The third kappa shape index (κ3) is 4.10.